The van der Waals surface area contributed by atoms with Crippen molar-refractivity contribution in [1.82, 2.24) is 20.2 Å². The Morgan fingerprint density at radius 1 is 1.27 bits per heavy atom. The van der Waals surface area contributed by atoms with Gasteiger partial charge in [-0.2, -0.15) is 0 Å². The maximum absolute atomic E-state index is 12.9. The number of carbonyl (C=O) groups excluding carboxylic acids is 2. The fraction of sp³-hybridized carbons (Fsp3) is 0.375. The summed E-state index contributed by atoms with van der Waals surface area (Å²) < 4.78 is 0. The van der Waals surface area contributed by atoms with Gasteiger partial charge >= 0.3 is 0 Å². The SMILES string of the molecule is CNC(=O)C1CCCCN1C(=O)c1ccnc2ccncc12. The number of pyridine rings is 2. The molecule has 2 aromatic heterocycles. The molecule has 0 bridgehead atoms. The summed E-state index contributed by atoms with van der Waals surface area (Å²) in [6, 6.07) is 3.08. The Morgan fingerprint density at radius 3 is 2.95 bits per heavy atom. The van der Waals surface area contributed by atoms with Gasteiger partial charge in [0, 0.05) is 37.6 Å². The van der Waals surface area contributed by atoms with E-state index < -0.39 is 6.04 Å². The first-order chi connectivity index (χ1) is 10.7. The average molecular weight is 298 g/mol. The number of likely N-dealkylation sites (tertiary alicyclic amines) is 1. The molecule has 1 unspecified atom stereocenters. The lowest BCUT2D eigenvalue weighted by molar-refractivity contribution is -0.126. The molecule has 1 N–H and O–H groups in total. The zero-order valence-corrected chi connectivity index (χ0v) is 12.5. The van der Waals surface area contributed by atoms with Crippen LogP contribution in [0.25, 0.3) is 10.9 Å². The molecular formula is C16H18N4O2. The van der Waals surface area contributed by atoms with Gasteiger partial charge in [-0.25, -0.2) is 0 Å². The minimum absolute atomic E-state index is 0.107. The van der Waals surface area contributed by atoms with E-state index in [1.54, 1.807) is 42.7 Å². The van der Waals surface area contributed by atoms with Crippen LogP contribution in [0.1, 0.15) is 29.6 Å². The van der Waals surface area contributed by atoms with Crippen LogP contribution in [-0.4, -0.2) is 46.3 Å². The largest absolute Gasteiger partial charge is 0.357 e. The first-order valence-corrected chi connectivity index (χ1v) is 7.43. The fourth-order valence-corrected chi connectivity index (χ4v) is 2.94. The van der Waals surface area contributed by atoms with E-state index in [0.29, 0.717) is 18.5 Å². The Balaban J connectivity index is 1.99. The van der Waals surface area contributed by atoms with Crippen LogP contribution in [0.5, 0.6) is 0 Å². The minimum atomic E-state index is -0.397. The maximum Gasteiger partial charge on any atom is 0.255 e. The van der Waals surface area contributed by atoms with Gasteiger partial charge < -0.3 is 10.2 Å². The van der Waals surface area contributed by atoms with Gasteiger partial charge in [-0.15, -0.1) is 0 Å². The van der Waals surface area contributed by atoms with Gasteiger partial charge in [0.05, 0.1) is 11.1 Å². The highest BCUT2D eigenvalue weighted by atomic mass is 16.2. The van der Waals surface area contributed by atoms with Gasteiger partial charge in [-0.05, 0) is 31.4 Å². The molecule has 0 aromatic carbocycles. The molecule has 1 aliphatic rings. The number of rotatable bonds is 2. The lowest BCUT2D eigenvalue weighted by Gasteiger charge is -2.34. The van der Waals surface area contributed by atoms with Gasteiger partial charge in [-0.1, -0.05) is 0 Å². The molecule has 1 saturated heterocycles. The van der Waals surface area contributed by atoms with Gasteiger partial charge in [0.25, 0.3) is 5.91 Å². The maximum atomic E-state index is 12.9. The lowest BCUT2D eigenvalue weighted by Crippen LogP contribution is -2.51. The summed E-state index contributed by atoms with van der Waals surface area (Å²) in [5.74, 6) is -0.238. The van der Waals surface area contributed by atoms with Crippen molar-refractivity contribution in [3.8, 4) is 0 Å². The smallest absolute Gasteiger partial charge is 0.255 e. The summed E-state index contributed by atoms with van der Waals surface area (Å²) in [5, 5.41) is 3.37. The normalized spacial score (nSPS) is 18.2. The van der Waals surface area contributed by atoms with Crippen molar-refractivity contribution < 1.29 is 9.59 Å². The second-order valence-corrected chi connectivity index (χ2v) is 5.38. The van der Waals surface area contributed by atoms with Crippen LogP contribution in [0, 0.1) is 0 Å². The van der Waals surface area contributed by atoms with Crippen LogP contribution in [-0.2, 0) is 4.79 Å². The molecule has 6 nitrogen and oxygen atoms in total. The van der Waals surface area contributed by atoms with E-state index in [1.807, 2.05) is 0 Å². The predicted molar refractivity (Wildman–Crippen MR) is 82.3 cm³/mol. The second-order valence-electron chi connectivity index (χ2n) is 5.38. The number of likely N-dealkylation sites (N-methyl/N-ethyl adjacent to an activating group) is 1. The molecule has 0 spiro atoms. The number of carbonyl (C=O) groups is 2. The van der Waals surface area contributed by atoms with Crippen molar-refractivity contribution in [2.45, 2.75) is 25.3 Å². The van der Waals surface area contributed by atoms with Gasteiger partial charge in [0.1, 0.15) is 6.04 Å². The van der Waals surface area contributed by atoms with Crippen molar-refractivity contribution in [2.24, 2.45) is 0 Å². The van der Waals surface area contributed by atoms with Crippen LogP contribution in [0.3, 0.4) is 0 Å². The van der Waals surface area contributed by atoms with Crippen LogP contribution >= 0.6 is 0 Å². The van der Waals surface area contributed by atoms with Gasteiger partial charge in [0.2, 0.25) is 5.91 Å². The third kappa shape index (κ3) is 2.52. The lowest BCUT2D eigenvalue weighted by atomic mass is 9.99. The molecule has 1 fully saturated rings. The number of amides is 2. The van der Waals surface area contributed by atoms with Crippen LogP contribution in [0.15, 0.2) is 30.7 Å². The molecule has 3 rings (SSSR count). The summed E-state index contributed by atoms with van der Waals surface area (Å²) >= 11 is 0. The number of aromatic nitrogens is 2. The zero-order valence-electron chi connectivity index (χ0n) is 12.5. The average Bonchev–Trinajstić information content (AvgIpc) is 2.60. The van der Waals surface area contributed by atoms with Crippen molar-refractivity contribution in [3.63, 3.8) is 0 Å². The number of piperidine rings is 1. The van der Waals surface area contributed by atoms with E-state index in [1.165, 1.54) is 0 Å². The van der Waals surface area contributed by atoms with E-state index in [2.05, 4.69) is 15.3 Å². The number of nitrogens with zero attached hydrogens (tertiary/aromatic N) is 3. The molecule has 1 aliphatic heterocycles. The molecule has 0 aliphatic carbocycles. The van der Waals surface area contributed by atoms with Crippen LogP contribution in [0.2, 0.25) is 0 Å². The van der Waals surface area contributed by atoms with E-state index in [4.69, 9.17) is 0 Å². The van der Waals surface area contributed by atoms with E-state index in [9.17, 15) is 9.59 Å². The molecule has 6 heteroatoms. The predicted octanol–water partition coefficient (Wildman–Crippen LogP) is 1.37. The standard InChI is InChI=1S/C16H18N4O2/c1-17-15(21)14-4-2-3-9-20(14)16(22)11-5-8-19-13-6-7-18-10-12(11)13/h5-8,10,14H,2-4,9H2,1H3,(H,17,21). The highest BCUT2D eigenvalue weighted by Gasteiger charge is 2.32. The van der Waals surface area contributed by atoms with Gasteiger partial charge in [0.15, 0.2) is 0 Å². The molecule has 2 amide bonds. The number of hydrogen-bond donors (Lipinski definition) is 1. The molecule has 3 heterocycles. The van der Waals surface area contributed by atoms with E-state index in [-0.39, 0.29) is 11.8 Å². The fourth-order valence-electron chi connectivity index (χ4n) is 2.94. The summed E-state index contributed by atoms with van der Waals surface area (Å²) in [7, 11) is 1.60. The quantitative estimate of drug-likeness (QED) is 0.908. The van der Waals surface area contributed by atoms with Crippen molar-refractivity contribution in [1.29, 1.82) is 0 Å². The minimum Gasteiger partial charge on any atom is -0.357 e. The Morgan fingerprint density at radius 2 is 2.14 bits per heavy atom. The molecule has 0 saturated carbocycles. The van der Waals surface area contributed by atoms with Crippen LogP contribution in [0.4, 0.5) is 0 Å². The first kappa shape index (κ1) is 14.4. The Labute approximate surface area is 128 Å². The van der Waals surface area contributed by atoms with E-state index in [0.717, 1.165) is 23.7 Å². The Kier molecular flexibility index (Phi) is 4.00. The molecular weight excluding hydrogens is 280 g/mol. The van der Waals surface area contributed by atoms with Crippen molar-refractivity contribution in [2.75, 3.05) is 13.6 Å². The monoisotopic (exact) mass is 298 g/mol. The second kappa shape index (κ2) is 6.09. The Bertz CT molecular complexity index is 711. The summed E-state index contributed by atoms with van der Waals surface area (Å²) in [6.45, 7) is 0.598. The summed E-state index contributed by atoms with van der Waals surface area (Å²) in [5.41, 5.74) is 1.28. The highest BCUT2D eigenvalue weighted by molar-refractivity contribution is 6.07. The van der Waals surface area contributed by atoms with E-state index >= 15 is 0 Å². The van der Waals surface area contributed by atoms with Gasteiger partial charge in [-0.3, -0.25) is 19.6 Å². The zero-order chi connectivity index (χ0) is 15.5. The third-order valence-electron chi connectivity index (χ3n) is 4.09. The summed E-state index contributed by atoms with van der Waals surface area (Å²) in [6.07, 6.45) is 7.49. The topological polar surface area (TPSA) is 75.2 Å². The Hall–Kier alpha value is -2.50. The number of hydrogen-bond acceptors (Lipinski definition) is 4. The molecule has 22 heavy (non-hydrogen) atoms. The third-order valence-corrected chi connectivity index (χ3v) is 4.09. The number of nitrogens with one attached hydrogen (secondary N) is 1. The van der Waals surface area contributed by atoms with Crippen molar-refractivity contribution in [3.05, 3.63) is 36.3 Å². The highest BCUT2D eigenvalue weighted by Crippen LogP contribution is 2.23. The number of fused-ring (bicyclic) bond motifs is 1. The molecule has 114 valence electrons. The molecule has 0 radical (unpaired) electrons. The molecule has 1 atom stereocenters. The molecule has 2 aromatic rings. The van der Waals surface area contributed by atoms with Crippen LogP contribution < -0.4 is 5.32 Å². The first-order valence-electron chi connectivity index (χ1n) is 7.43. The van der Waals surface area contributed by atoms with Crippen molar-refractivity contribution >= 4 is 22.7 Å². The summed E-state index contributed by atoms with van der Waals surface area (Å²) in [4.78, 5) is 35.0.